The highest BCUT2D eigenvalue weighted by Crippen LogP contribution is 2.33. The zero-order chi connectivity index (χ0) is 21.7. The lowest BCUT2D eigenvalue weighted by Gasteiger charge is -2.24. The third-order valence-electron chi connectivity index (χ3n) is 4.99. The van der Waals surface area contributed by atoms with Crippen molar-refractivity contribution in [3.8, 4) is 11.1 Å². The van der Waals surface area contributed by atoms with E-state index in [0.717, 1.165) is 22.3 Å². The second-order valence-electron chi connectivity index (χ2n) is 7.50. The monoisotopic (exact) mass is 431 g/mol. The van der Waals surface area contributed by atoms with Crippen molar-refractivity contribution in [2.24, 2.45) is 0 Å². The second-order valence-corrected chi connectivity index (χ2v) is 8.36. The summed E-state index contributed by atoms with van der Waals surface area (Å²) in [6.07, 6.45) is -0.625. The lowest BCUT2D eigenvalue weighted by Crippen LogP contribution is -2.37. The smallest absolute Gasteiger partial charge is 0.260 e. The number of hydrogen-bond acceptors (Lipinski definition) is 7. The number of hydrogen-bond donors (Lipinski definition) is 2. The Hall–Kier alpha value is -2.10. The van der Waals surface area contributed by atoms with E-state index >= 15 is 0 Å². The summed E-state index contributed by atoms with van der Waals surface area (Å²) in [5.41, 5.74) is 4.12. The molecule has 0 saturated heterocycles. The molecular weight excluding hydrogens is 402 g/mol. The molecule has 3 rings (SSSR count). The largest absolute Gasteiger partial charge is 0.389 e. The Morgan fingerprint density at radius 1 is 1.23 bits per heavy atom. The molecule has 0 radical (unpaired) electrons. The zero-order valence-electron chi connectivity index (χ0n) is 17.9. The highest BCUT2D eigenvalue weighted by atomic mass is 32.1. The minimum atomic E-state index is -0.625. The molecule has 0 aliphatic heterocycles. The summed E-state index contributed by atoms with van der Waals surface area (Å²) >= 11 is 1.47. The molecule has 0 fully saturated rings. The first-order chi connectivity index (χ1) is 14.4. The summed E-state index contributed by atoms with van der Waals surface area (Å²) in [4.78, 5) is 23.3. The fraction of sp³-hybridized carbons (Fsp3) is 0.455. The number of aromatic amines is 1. The van der Waals surface area contributed by atoms with Gasteiger partial charge in [-0.15, -0.1) is 11.3 Å². The highest BCUT2D eigenvalue weighted by Gasteiger charge is 2.17. The van der Waals surface area contributed by atoms with Crippen LogP contribution in [0.15, 0.2) is 28.4 Å². The van der Waals surface area contributed by atoms with Crippen LogP contribution in [-0.2, 0) is 16.0 Å². The van der Waals surface area contributed by atoms with Crippen molar-refractivity contribution in [1.82, 2.24) is 14.9 Å². The Bertz CT molecular complexity index is 1050. The number of aliphatic hydroxyl groups is 1. The van der Waals surface area contributed by atoms with Gasteiger partial charge in [-0.2, -0.15) is 0 Å². The van der Waals surface area contributed by atoms with Gasteiger partial charge >= 0.3 is 0 Å². The minimum absolute atomic E-state index is 0.142. The molecule has 0 spiro atoms. The van der Waals surface area contributed by atoms with Gasteiger partial charge in [0.05, 0.1) is 31.2 Å². The summed E-state index contributed by atoms with van der Waals surface area (Å²) in [5, 5.41) is 12.7. The van der Waals surface area contributed by atoms with Gasteiger partial charge in [-0.3, -0.25) is 9.69 Å². The van der Waals surface area contributed by atoms with Crippen molar-refractivity contribution in [1.29, 1.82) is 0 Å². The average molecular weight is 432 g/mol. The molecule has 30 heavy (non-hydrogen) atoms. The number of aliphatic hydroxyl groups excluding tert-OH is 1. The third kappa shape index (κ3) is 5.33. The number of nitrogens with one attached hydrogen (secondary N) is 1. The van der Waals surface area contributed by atoms with E-state index in [2.05, 4.69) is 23.2 Å². The number of aromatic nitrogens is 2. The molecular formula is C22H29N3O4S. The predicted octanol–water partition coefficient (Wildman–Crippen LogP) is 2.72. The molecule has 1 atom stereocenters. The summed E-state index contributed by atoms with van der Waals surface area (Å²) in [6.45, 7) is 6.27. The van der Waals surface area contributed by atoms with Gasteiger partial charge in [0, 0.05) is 38.3 Å². The van der Waals surface area contributed by atoms with Gasteiger partial charge in [0.1, 0.15) is 10.7 Å². The van der Waals surface area contributed by atoms with Crippen LogP contribution in [0, 0.1) is 13.8 Å². The standard InChI is InChI=1S/C22H29N3O4S/c1-14-5-6-15(2)17(9-14)18-13-30-22-20(18)21(27)23-19(24-22)11-25(7-8-28-3)10-16(26)12-29-4/h5-6,9,13,16,26H,7-8,10-12H2,1-4H3,(H,23,24,27). The Balaban J connectivity index is 1.91. The molecule has 1 aromatic carbocycles. The SMILES string of the molecule is COCCN(Cc1nc2scc(-c3cc(C)ccc3C)c2c(=O)[nH]1)CC(O)COC. The Morgan fingerprint density at radius 2 is 2.03 bits per heavy atom. The van der Waals surface area contributed by atoms with Gasteiger partial charge in [-0.05, 0) is 25.0 Å². The number of aryl methyl sites for hydroxylation is 2. The molecule has 3 aromatic rings. The van der Waals surface area contributed by atoms with Crippen LogP contribution in [0.5, 0.6) is 0 Å². The van der Waals surface area contributed by atoms with Crippen LogP contribution in [0.2, 0.25) is 0 Å². The number of fused-ring (bicyclic) bond motifs is 1. The molecule has 1 unspecified atom stereocenters. The Labute approximate surface area is 180 Å². The molecule has 0 saturated carbocycles. The number of rotatable bonds is 10. The molecule has 7 nitrogen and oxygen atoms in total. The second kappa shape index (κ2) is 10.3. The van der Waals surface area contributed by atoms with E-state index in [-0.39, 0.29) is 12.2 Å². The molecule has 2 heterocycles. The summed E-state index contributed by atoms with van der Waals surface area (Å²) < 4.78 is 10.2. The van der Waals surface area contributed by atoms with Crippen molar-refractivity contribution in [2.75, 3.05) is 40.5 Å². The maximum atomic E-state index is 13.0. The van der Waals surface area contributed by atoms with Gasteiger partial charge in [-0.25, -0.2) is 4.98 Å². The summed E-state index contributed by atoms with van der Waals surface area (Å²) in [6, 6.07) is 6.25. The number of nitrogens with zero attached hydrogens (tertiary/aromatic N) is 2. The number of ether oxygens (including phenoxy) is 2. The van der Waals surface area contributed by atoms with Crippen LogP contribution in [-0.4, -0.2) is 66.6 Å². The van der Waals surface area contributed by atoms with Crippen molar-refractivity contribution in [3.63, 3.8) is 0 Å². The molecule has 0 aliphatic carbocycles. The number of methoxy groups -OCH3 is 2. The molecule has 0 amide bonds. The van der Waals surface area contributed by atoms with Gasteiger partial charge in [0.25, 0.3) is 5.56 Å². The fourth-order valence-electron chi connectivity index (χ4n) is 3.50. The van der Waals surface area contributed by atoms with Crippen LogP contribution < -0.4 is 5.56 Å². The number of H-pyrrole nitrogens is 1. The van der Waals surface area contributed by atoms with Crippen molar-refractivity contribution in [2.45, 2.75) is 26.5 Å². The number of benzene rings is 1. The molecule has 2 aromatic heterocycles. The number of thiophene rings is 1. The van der Waals surface area contributed by atoms with E-state index in [1.165, 1.54) is 11.3 Å². The van der Waals surface area contributed by atoms with E-state index in [1.54, 1.807) is 14.2 Å². The van der Waals surface area contributed by atoms with Crippen molar-refractivity contribution < 1.29 is 14.6 Å². The van der Waals surface area contributed by atoms with Crippen LogP contribution >= 0.6 is 11.3 Å². The molecule has 2 N–H and O–H groups in total. The van der Waals surface area contributed by atoms with Crippen LogP contribution in [0.3, 0.4) is 0 Å². The maximum absolute atomic E-state index is 13.0. The van der Waals surface area contributed by atoms with E-state index in [9.17, 15) is 9.90 Å². The first-order valence-electron chi connectivity index (χ1n) is 9.89. The minimum Gasteiger partial charge on any atom is -0.389 e. The average Bonchev–Trinajstić information content (AvgIpc) is 3.12. The topological polar surface area (TPSA) is 87.7 Å². The third-order valence-corrected chi connectivity index (χ3v) is 5.86. The lowest BCUT2D eigenvalue weighted by atomic mass is 9.99. The summed E-state index contributed by atoms with van der Waals surface area (Å²) in [5.74, 6) is 0.572. The molecule has 0 bridgehead atoms. The van der Waals surface area contributed by atoms with Crippen molar-refractivity contribution in [3.05, 3.63) is 50.9 Å². The first-order valence-corrected chi connectivity index (χ1v) is 10.8. The summed E-state index contributed by atoms with van der Waals surface area (Å²) in [7, 11) is 3.19. The lowest BCUT2D eigenvalue weighted by molar-refractivity contribution is 0.0287. The predicted molar refractivity (Wildman–Crippen MR) is 120 cm³/mol. The van der Waals surface area contributed by atoms with E-state index in [1.807, 2.05) is 24.1 Å². The van der Waals surface area contributed by atoms with Crippen LogP contribution in [0.25, 0.3) is 21.3 Å². The van der Waals surface area contributed by atoms with Gasteiger partial charge in [0.2, 0.25) is 0 Å². The maximum Gasteiger partial charge on any atom is 0.260 e. The van der Waals surface area contributed by atoms with Crippen molar-refractivity contribution >= 4 is 21.6 Å². The first kappa shape index (κ1) is 22.6. The normalized spacial score (nSPS) is 12.7. The van der Waals surface area contributed by atoms with Gasteiger partial charge < -0.3 is 19.6 Å². The Kier molecular flexibility index (Phi) is 7.74. The molecule has 8 heteroatoms. The quantitative estimate of drug-likeness (QED) is 0.513. The molecule has 0 aliphatic rings. The van der Waals surface area contributed by atoms with E-state index in [0.29, 0.717) is 42.3 Å². The van der Waals surface area contributed by atoms with E-state index in [4.69, 9.17) is 14.5 Å². The van der Waals surface area contributed by atoms with Gasteiger partial charge in [-0.1, -0.05) is 23.8 Å². The van der Waals surface area contributed by atoms with Gasteiger partial charge in [0.15, 0.2) is 0 Å². The zero-order valence-corrected chi connectivity index (χ0v) is 18.7. The van der Waals surface area contributed by atoms with Crippen LogP contribution in [0.4, 0.5) is 0 Å². The van der Waals surface area contributed by atoms with E-state index < -0.39 is 6.10 Å². The van der Waals surface area contributed by atoms with Crippen LogP contribution in [0.1, 0.15) is 17.0 Å². The highest BCUT2D eigenvalue weighted by molar-refractivity contribution is 7.17. The molecule has 162 valence electrons. The Morgan fingerprint density at radius 3 is 2.77 bits per heavy atom. The fourth-order valence-corrected chi connectivity index (χ4v) is 4.46.